The van der Waals surface area contributed by atoms with Crippen molar-refractivity contribution in [2.24, 2.45) is 0 Å². The van der Waals surface area contributed by atoms with Gasteiger partial charge in [-0.1, -0.05) is 30.9 Å². The van der Waals surface area contributed by atoms with Crippen LogP contribution in [0.2, 0.25) is 5.02 Å². The summed E-state index contributed by atoms with van der Waals surface area (Å²) in [7, 11) is 0. The van der Waals surface area contributed by atoms with Crippen molar-refractivity contribution in [2.45, 2.75) is 44.2 Å². The molecule has 4 nitrogen and oxygen atoms in total. The summed E-state index contributed by atoms with van der Waals surface area (Å²) >= 11 is 5.90. The maximum Gasteiger partial charge on any atom is 0.251 e. The average molecular weight is 283 g/mol. The molecule has 0 saturated heterocycles. The van der Waals surface area contributed by atoms with E-state index in [1.807, 2.05) is 0 Å². The Hall–Kier alpha value is -1.26. The van der Waals surface area contributed by atoms with Gasteiger partial charge in [0.25, 0.3) is 5.91 Å². The average Bonchev–Trinajstić information content (AvgIpc) is 2.58. The van der Waals surface area contributed by atoms with Crippen molar-refractivity contribution in [1.82, 2.24) is 5.32 Å². The van der Waals surface area contributed by atoms with Crippen molar-refractivity contribution in [1.29, 1.82) is 0 Å². The number of carbonyl (C=O) groups excluding carboxylic acids is 1. The highest BCUT2D eigenvalue weighted by molar-refractivity contribution is 6.33. The summed E-state index contributed by atoms with van der Waals surface area (Å²) in [4.78, 5) is 12.1. The van der Waals surface area contributed by atoms with Gasteiger partial charge in [0.05, 0.1) is 22.9 Å². The number of hydrogen-bond acceptors (Lipinski definition) is 3. The SMILES string of the molecule is Nc1ccc(C(=O)NC2CCCCCC2O)cc1Cl. The van der Waals surface area contributed by atoms with Crippen molar-refractivity contribution in [3.63, 3.8) is 0 Å². The van der Waals surface area contributed by atoms with Crippen LogP contribution in [0.3, 0.4) is 0 Å². The van der Waals surface area contributed by atoms with Crippen LogP contribution in [0.5, 0.6) is 0 Å². The molecule has 0 radical (unpaired) electrons. The second-order valence-corrected chi connectivity index (χ2v) is 5.43. The van der Waals surface area contributed by atoms with Gasteiger partial charge in [-0.05, 0) is 31.0 Å². The van der Waals surface area contributed by atoms with Gasteiger partial charge >= 0.3 is 0 Å². The summed E-state index contributed by atoms with van der Waals surface area (Å²) in [6.07, 6.45) is 4.25. The first-order valence-corrected chi connectivity index (χ1v) is 6.99. The van der Waals surface area contributed by atoms with Crippen molar-refractivity contribution < 1.29 is 9.90 Å². The van der Waals surface area contributed by atoms with E-state index in [1.54, 1.807) is 18.2 Å². The van der Waals surface area contributed by atoms with Gasteiger partial charge in [-0.15, -0.1) is 0 Å². The number of aliphatic hydroxyl groups is 1. The molecule has 0 aromatic heterocycles. The predicted molar refractivity (Wildman–Crippen MR) is 76.2 cm³/mol. The van der Waals surface area contributed by atoms with Gasteiger partial charge in [0.15, 0.2) is 0 Å². The number of aliphatic hydroxyl groups excluding tert-OH is 1. The van der Waals surface area contributed by atoms with Crippen molar-refractivity contribution >= 4 is 23.2 Å². The predicted octanol–water partition coefficient (Wildman–Crippen LogP) is 2.35. The zero-order valence-electron chi connectivity index (χ0n) is 10.7. The maximum absolute atomic E-state index is 12.1. The summed E-state index contributed by atoms with van der Waals surface area (Å²) < 4.78 is 0. The van der Waals surface area contributed by atoms with Gasteiger partial charge in [-0.2, -0.15) is 0 Å². The van der Waals surface area contributed by atoms with E-state index in [0.717, 1.165) is 32.1 Å². The first-order chi connectivity index (χ1) is 9.08. The molecule has 104 valence electrons. The van der Waals surface area contributed by atoms with E-state index in [4.69, 9.17) is 17.3 Å². The van der Waals surface area contributed by atoms with E-state index in [1.165, 1.54) is 0 Å². The van der Waals surface area contributed by atoms with Crippen LogP contribution >= 0.6 is 11.6 Å². The molecule has 2 atom stereocenters. The van der Waals surface area contributed by atoms with Crippen LogP contribution in [-0.2, 0) is 0 Å². The largest absolute Gasteiger partial charge is 0.398 e. The molecule has 0 heterocycles. The Morgan fingerprint density at radius 1 is 1.32 bits per heavy atom. The van der Waals surface area contributed by atoms with Crippen molar-refractivity contribution in [3.8, 4) is 0 Å². The van der Waals surface area contributed by atoms with Gasteiger partial charge in [0, 0.05) is 5.56 Å². The minimum absolute atomic E-state index is 0.175. The second-order valence-electron chi connectivity index (χ2n) is 5.02. The van der Waals surface area contributed by atoms with Crippen molar-refractivity contribution in [2.75, 3.05) is 5.73 Å². The van der Waals surface area contributed by atoms with E-state index >= 15 is 0 Å². The van der Waals surface area contributed by atoms with Crippen LogP contribution in [0.15, 0.2) is 18.2 Å². The first-order valence-electron chi connectivity index (χ1n) is 6.62. The molecule has 4 N–H and O–H groups in total. The number of nitrogen functional groups attached to an aromatic ring is 1. The van der Waals surface area contributed by atoms with E-state index in [-0.39, 0.29) is 11.9 Å². The summed E-state index contributed by atoms with van der Waals surface area (Å²) in [6, 6.07) is 4.63. The molecule has 19 heavy (non-hydrogen) atoms. The van der Waals surface area contributed by atoms with Gasteiger partial charge in [-0.3, -0.25) is 4.79 Å². The van der Waals surface area contributed by atoms with Gasteiger partial charge in [-0.25, -0.2) is 0 Å². The molecule has 1 aliphatic rings. The van der Waals surface area contributed by atoms with Crippen LogP contribution in [0, 0.1) is 0 Å². The number of nitrogens with one attached hydrogen (secondary N) is 1. The number of halogens is 1. The number of anilines is 1. The van der Waals surface area contributed by atoms with Crippen LogP contribution < -0.4 is 11.1 Å². The number of nitrogens with two attached hydrogens (primary N) is 1. The highest BCUT2D eigenvalue weighted by atomic mass is 35.5. The molecule has 5 heteroatoms. The molecule has 1 fully saturated rings. The zero-order chi connectivity index (χ0) is 13.8. The third kappa shape index (κ3) is 3.61. The van der Waals surface area contributed by atoms with Gasteiger partial charge < -0.3 is 16.2 Å². The lowest BCUT2D eigenvalue weighted by Gasteiger charge is -2.21. The Balaban J connectivity index is 2.05. The lowest BCUT2D eigenvalue weighted by molar-refractivity contribution is 0.0819. The minimum atomic E-state index is -0.462. The molecule has 1 saturated carbocycles. The van der Waals surface area contributed by atoms with E-state index in [0.29, 0.717) is 16.3 Å². The quantitative estimate of drug-likeness (QED) is 0.576. The number of rotatable bonds is 2. The molecular formula is C14H19ClN2O2. The fourth-order valence-corrected chi connectivity index (χ4v) is 2.56. The smallest absolute Gasteiger partial charge is 0.251 e. The van der Waals surface area contributed by atoms with Crippen LogP contribution in [0.25, 0.3) is 0 Å². The summed E-state index contributed by atoms with van der Waals surface area (Å²) in [5, 5.41) is 13.2. The molecule has 0 spiro atoms. The fraction of sp³-hybridized carbons (Fsp3) is 0.500. The van der Waals surface area contributed by atoms with Gasteiger partial charge in [0.2, 0.25) is 0 Å². The summed E-state index contributed by atoms with van der Waals surface area (Å²) in [5.74, 6) is -0.215. The van der Waals surface area contributed by atoms with E-state index in [2.05, 4.69) is 5.32 Å². The standard InChI is InChI=1S/C14H19ClN2O2/c15-10-8-9(6-7-11(10)16)14(19)17-12-4-2-1-3-5-13(12)18/h6-8,12-13,18H,1-5,16H2,(H,17,19). The van der Waals surface area contributed by atoms with Gasteiger partial charge in [0.1, 0.15) is 0 Å². The number of amides is 1. The third-order valence-electron chi connectivity index (χ3n) is 3.56. The van der Waals surface area contributed by atoms with Crippen LogP contribution in [0.1, 0.15) is 42.5 Å². The molecule has 1 aromatic rings. The second kappa shape index (κ2) is 6.26. The Labute approximate surface area is 117 Å². The Kier molecular flexibility index (Phi) is 4.66. The monoisotopic (exact) mass is 282 g/mol. The number of hydrogen-bond donors (Lipinski definition) is 3. The number of carbonyl (C=O) groups is 1. The molecule has 2 rings (SSSR count). The molecule has 1 aromatic carbocycles. The molecule has 1 aliphatic carbocycles. The lowest BCUT2D eigenvalue weighted by atomic mass is 10.1. The molecule has 1 amide bonds. The first kappa shape index (κ1) is 14.2. The third-order valence-corrected chi connectivity index (χ3v) is 3.89. The maximum atomic E-state index is 12.1. The normalized spacial score (nSPS) is 23.7. The fourth-order valence-electron chi connectivity index (χ4n) is 2.38. The molecule has 0 aliphatic heterocycles. The topological polar surface area (TPSA) is 75.4 Å². The Morgan fingerprint density at radius 3 is 2.79 bits per heavy atom. The van der Waals surface area contributed by atoms with E-state index < -0.39 is 6.10 Å². The van der Waals surface area contributed by atoms with Crippen LogP contribution in [-0.4, -0.2) is 23.2 Å². The highest BCUT2D eigenvalue weighted by Crippen LogP contribution is 2.21. The Morgan fingerprint density at radius 2 is 2.05 bits per heavy atom. The summed E-state index contributed by atoms with van der Waals surface area (Å²) in [5.41, 5.74) is 6.53. The molecular weight excluding hydrogens is 264 g/mol. The molecule has 2 unspecified atom stereocenters. The van der Waals surface area contributed by atoms with Crippen molar-refractivity contribution in [3.05, 3.63) is 28.8 Å². The number of benzene rings is 1. The van der Waals surface area contributed by atoms with E-state index in [9.17, 15) is 9.90 Å². The van der Waals surface area contributed by atoms with Crippen LogP contribution in [0.4, 0.5) is 5.69 Å². The molecule has 0 bridgehead atoms. The highest BCUT2D eigenvalue weighted by Gasteiger charge is 2.23. The summed E-state index contributed by atoms with van der Waals surface area (Å²) in [6.45, 7) is 0. The lowest BCUT2D eigenvalue weighted by Crippen LogP contribution is -2.42. The minimum Gasteiger partial charge on any atom is -0.398 e. The Bertz CT molecular complexity index is 465. The zero-order valence-corrected chi connectivity index (χ0v) is 11.5.